The lowest BCUT2D eigenvalue weighted by Gasteiger charge is -2.13. The first-order valence-corrected chi connectivity index (χ1v) is 3.83. The van der Waals surface area contributed by atoms with Gasteiger partial charge in [-0.15, -0.1) is 0 Å². The molecule has 0 saturated carbocycles. The number of hydrogen-bond donors (Lipinski definition) is 1. The van der Waals surface area contributed by atoms with Crippen LogP contribution in [-0.4, -0.2) is 6.41 Å². The van der Waals surface area contributed by atoms with Gasteiger partial charge in [-0.05, 0) is 0 Å². The summed E-state index contributed by atoms with van der Waals surface area (Å²) < 4.78 is 5.26. The highest BCUT2D eigenvalue weighted by Crippen LogP contribution is 2.25. The van der Waals surface area contributed by atoms with Gasteiger partial charge in [-0.25, -0.2) is 0 Å². The van der Waals surface area contributed by atoms with Crippen molar-refractivity contribution in [1.29, 1.82) is 0 Å². The van der Waals surface area contributed by atoms with Crippen molar-refractivity contribution in [2.24, 2.45) is 0 Å². The number of amides is 1. The fourth-order valence-electron chi connectivity index (χ4n) is 0.873. The lowest BCUT2D eigenvalue weighted by molar-refractivity contribution is -0.105. The Morgan fingerprint density at radius 1 is 1.50 bits per heavy atom. The zero-order valence-electron chi connectivity index (χ0n) is 7.55. The molecule has 1 aromatic heterocycles. The minimum atomic E-state index is -0.0111. The van der Waals surface area contributed by atoms with Crippen molar-refractivity contribution in [3.05, 3.63) is 18.1 Å². The summed E-state index contributed by atoms with van der Waals surface area (Å²) in [4.78, 5) is 10.1. The molecule has 1 N–H and O–H groups in total. The molecule has 0 saturated heterocycles. The van der Waals surface area contributed by atoms with Gasteiger partial charge in [0.15, 0.2) is 0 Å². The van der Waals surface area contributed by atoms with Gasteiger partial charge in [0.05, 0.1) is 5.69 Å². The molecule has 0 aliphatic heterocycles. The van der Waals surface area contributed by atoms with Gasteiger partial charge in [0, 0.05) is 11.5 Å². The summed E-state index contributed by atoms with van der Waals surface area (Å²) in [5.74, 6) is 0.867. The average molecular weight is 167 g/mol. The third kappa shape index (κ3) is 1.87. The van der Waals surface area contributed by atoms with Crippen LogP contribution < -0.4 is 5.32 Å². The van der Waals surface area contributed by atoms with Gasteiger partial charge >= 0.3 is 0 Å². The molecule has 1 amide bonds. The molecular weight excluding hydrogens is 154 g/mol. The monoisotopic (exact) mass is 167 g/mol. The van der Waals surface area contributed by atoms with E-state index in [0.29, 0.717) is 12.1 Å². The van der Waals surface area contributed by atoms with Crippen molar-refractivity contribution in [2.45, 2.75) is 26.2 Å². The van der Waals surface area contributed by atoms with Gasteiger partial charge < -0.3 is 9.73 Å². The molecule has 0 aromatic carbocycles. The van der Waals surface area contributed by atoms with Crippen LogP contribution in [-0.2, 0) is 10.2 Å². The SMILES string of the molecule is CC(C)(C)c1cc(NC=O)co1. The van der Waals surface area contributed by atoms with E-state index < -0.39 is 0 Å². The minimum Gasteiger partial charge on any atom is -0.467 e. The maximum Gasteiger partial charge on any atom is 0.211 e. The number of carbonyl (C=O) groups excluding carboxylic acids is 1. The van der Waals surface area contributed by atoms with Crippen LogP contribution in [0.4, 0.5) is 5.69 Å². The molecule has 3 heteroatoms. The molecule has 0 fully saturated rings. The highest BCUT2D eigenvalue weighted by Gasteiger charge is 2.17. The number of carbonyl (C=O) groups is 1. The Hall–Kier alpha value is -1.25. The highest BCUT2D eigenvalue weighted by atomic mass is 16.3. The Morgan fingerprint density at radius 2 is 2.17 bits per heavy atom. The summed E-state index contributed by atoms with van der Waals surface area (Å²) in [5.41, 5.74) is 0.693. The summed E-state index contributed by atoms with van der Waals surface area (Å²) in [7, 11) is 0. The van der Waals surface area contributed by atoms with Crippen LogP contribution in [0.3, 0.4) is 0 Å². The molecule has 0 unspecified atom stereocenters. The number of furan rings is 1. The first kappa shape index (κ1) is 8.84. The van der Waals surface area contributed by atoms with E-state index in [4.69, 9.17) is 4.42 Å². The van der Waals surface area contributed by atoms with Crippen LogP contribution in [0.15, 0.2) is 16.7 Å². The maximum absolute atomic E-state index is 10.1. The molecule has 0 spiro atoms. The van der Waals surface area contributed by atoms with Gasteiger partial charge in [0.25, 0.3) is 0 Å². The predicted octanol–water partition coefficient (Wildman–Crippen LogP) is 2.15. The number of rotatable bonds is 2. The zero-order chi connectivity index (χ0) is 9.19. The van der Waals surface area contributed by atoms with Crippen LogP contribution in [0, 0.1) is 0 Å². The molecule has 1 heterocycles. The van der Waals surface area contributed by atoms with Gasteiger partial charge in [-0.3, -0.25) is 4.79 Å². The van der Waals surface area contributed by atoms with E-state index in [1.165, 1.54) is 6.26 Å². The second-order valence-electron chi connectivity index (χ2n) is 3.71. The topological polar surface area (TPSA) is 42.2 Å². The van der Waals surface area contributed by atoms with Gasteiger partial charge in [0.1, 0.15) is 12.0 Å². The van der Waals surface area contributed by atoms with Crippen molar-refractivity contribution in [2.75, 3.05) is 5.32 Å². The van der Waals surface area contributed by atoms with Crippen LogP contribution in [0.25, 0.3) is 0 Å². The quantitative estimate of drug-likeness (QED) is 0.686. The van der Waals surface area contributed by atoms with Crippen molar-refractivity contribution in [3.8, 4) is 0 Å². The van der Waals surface area contributed by atoms with Crippen molar-refractivity contribution in [1.82, 2.24) is 0 Å². The summed E-state index contributed by atoms with van der Waals surface area (Å²) in [6.07, 6.45) is 2.17. The standard InChI is InChI=1S/C9H13NO2/c1-9(2,3)8-4-7(5-12-8)10-6-11/h4-6H,1-3H3,(H,10,11). The highest BCUT2D eigenvalue weighted by molar-refractivity contribution is 5.70. The van der Waals surface area contributed by atoms with Gasteiger partial charge in [-0.2, -0.15) is 0 Å². The molecular formula is C9H13NO2. The van der Waals surface area contributed by atoms with Crippen LogP contribution in [0.5, 0.6) is 0 Å². The Balaban J connectivity index is 2.84. The molecule has 0 aliphatic rings. The summed E-state index contributed by atoms with van der Waals surface area (Å²) >= 11 is 0. The van der Waals surface area contributed by atoms with E-state index in [1.54, 1.807) is 0 Å². The molecule has 12 heavy (non-hydrogen) atoms. The smallest absolute Gasteiger partial charge is 0.211 e. The van der Waals surface area contributed by atoms with E-state index in [9.17, 15) is 4.79 Å². The average Bonchev–Trinajstić information content (AvgIpc) is 2.35. The summed E-state index contributed by atoms with van der Waals surface area (Å²) in [5, 5.41) is 2.53. The van der Waals surface area contributed by atoms with Crippen molar-refractivity contribution < 1.29 is 9.21 Å². The number of nitrogens with one attached hydrogen (secondary N) is 1. The maximum atomic E-state index is 10.1. The Labute approximate surface area is 71.8 Å². The van der Waals surface area contributed by atoms with E-state index in [2.05, 4.69) is 26.1 Å². The van der Waals surface area contributed by atoms with Gasteiger partial charge in [-0.1, -0.05) is 20.8 Å². The molecule has 1 aromatic rings. The third-order valence-electron chi connectivity index (χ3n) is 1.56. The summed E-state index contributed by atoms with van der Waals surface area (Å²) in [6.45, 7) is 6.16. The number of hydrogen-bond acceptors (Lipinski definition) is 2. The largest absolute Gasteiger partial charge is 0.467 e. The predicted molar refractivity (Wildman–Crippen MR) is 47.1 cm³/mol. The lowest BCUT2D eigenvalue weighted by atomic mass is 9.93. The fraction of sp³-hybridized carbons (Fsp3) is 0.444. The van der Waals surface area contributed by atoms with Crippen molar-refractivity contribution >= 4 is 12.1 Å². The number of anilines is 1. The van der Waals surface area contributed by atoms with E-state index in [0.717, 1.165) is 5.76 Å². The Bertz CT molecular complexity index is 270. The molecule has 0 aliphatic carbocycles. The first-order chi connectivity index (χ1) is 5.54. The van der Waals surface area contributed by atoms with Crippen molar-refractivity contribution in [3.63, 3.8) is 0 Å². The van der Waals surface area contributed by atoms with E-state index >= 15 is 0 Å². The first-order valence-electron chi connectivity index (χ1n) is 3.83. The molecule has 0 atom stereocenters. The lowest BCUT2D eigenvalue weighted by Crippen LogP contribution is -2.09. The Morgan fingerprint density at radius 3 is 2.58 bits per heavy atom. The van der Waals surface area contributed by atoms with Gasteiger partial charge in [0.2, 0.25) is 6.41 Å². The second kappa shape index (κ2) is 3.01. The second-order valence-corrected chi connectivity index (χ2v) is 3.71. The van der Waals surface area contributed by atoms with Crippen LogP contribution in [0.2, 0.25) is 0 Å². The molecule has 0 radical (unpaired) electrons. The molecule has 1 rings (SSSR count). The summed E-state index contributed by atoms with van der Waals surface area (Å²) in [6, 6.07) is 1.83. The minimum absolute atomic E-state index is 0.0111. The Kier molecular flexibility index (Phi) is 2.22. The normalized spacial score (nSPS) is 11.2. The van der Waals surface area contributed by atoms with E-state index in [-0.39, 0.29) is 5.41 Å². The molecule has 66 valence electrons. The zero-order valence-corrected chi connectivity index (χ0v) is 7.55. The fourth-order valence-corrected chi connectivity index (χ4v) is 0.873. The molecule has 0 bridgehead atoms. The molecule has 3 nitrogen and oxygen atoms in total. The van der Waals surface area contributed by atoms with E-state index in [1.807, 2.05) is 6.07 Å². The van der Waals surface area contributed by atoms with Crippen LogP contribution >= 0.6 is 0 Å². The third-order valence-corrected chi connectivity index (χ3v) is 1.56. The van der Waals surface area contributed by atoms with Crippen LogP contribution in [0.1, 0.15) is 26.5 Å².